The average Bonchev–Trinajstić information content (AvgIpc) is 2.57. The molecule has 0 saturated carbocycles. The minimum Gasteiger partial charge on any atom is -0.508 e. The summed E-state index contributed by atoms with van der Waals surface area (Å²) in [5.74, 6) is -0.239. The van der Waals surface area contributed by atoms with E-state index < -0.39 is 6.04 Å². The molecule has 5 heteroatoms. The van der Waals surface area contributed by atoms with Crippen LogP contribution in [0.25, 0.3) is 0 Å². The summed E-state index contributed by atoms with van der Waals surface area (Å²) in [6, 6.07) is 14.7. The van der Waals surface area contributed by atoms with E-state index in [-0.39, 0.29) is 30.4 Å². The molecule has 4 N–H and O–H groups in total. The lowest BCUT2D eigenvalue weighted by molar-refractivity contribution is -0.120. The number of carbonyl (C=O) groups excluding carboxylic acids is 2. The van der Waals surface area contributed by atoms with Gasteiger partial charge in [0.2, 0.25) is 0 Å². The molecule has 2 aromatic carbocycles. The Balaban J connectivity index is 2.12. The van der Waals surface area contributed by atoms with Crippen LogP contribution in [-0.4, -0.2) is 29.4 Å². The van der Waals surface area contributed by atoms with Crippen molar-refractivity contribution in [2.75, 3.05) is 6.54 Å². The molecular weight excluding hydrogens is 292 g/mol. The van der Waals surface area contributed by atoms with E-state index >= 15 is 0 Å². The summed E-state index contributed by atoms with van der Waals surface area (Å²) in [5.41, 5.74) is 6.81. The van der Waals surface area contributed by atoms with Crippen molar-refractivity contribution in [2.24, 2.45) is 5.73 Å². The standard InChI is InChI=1S/C18H20N2O3/c19-11-10-17(22)16(12-13-6-8-15(21)9-7-13)20-18(23)14-4-2-1-3-5-14/h1-9,16,21H,10-12,19H2,(H,20,23). The van der Waals surface area contributed by atoms with E-state index in [0.29, 0.717) is 12.0 Å². The fraction of sp³-hybridized carbons (Fsp3) is 0.222. The summed E-state index contributed by atoms with van der Waals surface area (Å²) in [6.07, 6.45) is 0.565. The Morgan fingerprint density at radius 3 is 2.30 bits per heavy atom. The van der Waals surface area contributed by atoms with Crippen molar-refractivity contribution < 1.29 is 14.7 Å². The number of aromatic hydroxyl groups is 1. The van der Waals surface area contributed by atoms with Crippen LogP contribution in [0.15, 0.2) is 54.6 Å². The van der Waals surface area contributed by atoms with Crippen molar-refractivity contribution in [3.05, 3.63) is 65.7 Å². The lowest BCUT2D eigenvalue weighted by Crippen LogP contribution is -2.43. The number of Topliss-reactive ketones (excluding diaryl/α,β-unsaturated/α-hetero) is 1. The summed E-state index contributed by atoms with van der Waals surface area (Å²) in [7, 11) is 0. The van der Waals surface area contributed by atoms with Gasteiger partial charge in [0.1, 0.15) is 5.75 Å². The molecule has 0 heterocycles. The predicted octanol–water partition coefficient (Wildman–Crippen LogP) is 1.65. The first kappa shape index (κ1) is 16.7. The van der Waals surface area contributed by atoms with Gasteiger partial charge >= 0.3 is 0 Å². The number of rotatable bonds is 7. The molecule has 1 unspecified atom stereocenters. The monoisotopic (exact) mass is 312 g/mol. The first-order valence-electron chi connectivity index (χ1n) is 7.46. The molecule has 23 heavy (non-hydrogen) atoms. The highest BCUT2D eigenvalue weighted by Crippen LogP contribution is 2.12. The Hall–Kier alpha value is -2.66. The minimum atomic E-state index is -0.643. The molecule has 2 rings (SSSR count). The second kappa shape index (κ2) is 8.10. The van der Waals surface area contributed by atoms with Crippen molar-refractivity contribution >= 4 is 11.7 Å². The Bertz CT molecular complexity index is 654. The summed E-state index contributed by atoms with van der Waals surface area (Å²) in [5, 5.41) is 12.1. The van der Waals surface area contributed by atoms with Crippen LogP contribution in [0.5, 0.6) is 5.75 Å². The molecule has 120 valence electrons. The van der Waals surface area contributed by atoms with Gasteiger partial charge in [-0.25, -0.2) is 0 Å². The zero-order valence-electron chi connectivity index (χ0n) is 12.7. The molecule has 0 aromatic heterocycles. The SMILES string of the molecule is NCCC(=O)C(Cc1ccc(O)cc1)NC(=O)c1ccccc1. The maximum atomic E-state index is 12.3. The predicted molar refractivity (Wildman–Crippen MR) is 88.2 cm³/mol. The Morgan fingerprint density at radius 2 is 1.70 bits per heavy atom. The molecule has 2 aromatic rings. The van der Waals surface area contributed by atoms with Gasteiger partial charge in [0, 0.05) is 12.0 Å². The van der Waals surface area contributed by atoms with E-state index in [9.17, 15) is 14.7 Å². The molecule has 0 bridgehead atoms. The van der Waals surface area contributed by atoms with Gasteiger partial charge in [0.25, 0.3) is 5.91 Å². The van der Waals surface area contributed by atoms with Crippen LogP contribution < -0.4 is 11.1 Å². The summed E-state index contributed by atoms with van der Waals surface area (Å²) in [6.45, 7) is 0.242. The van der Waals surface area contributed by atoms with E-state index in [1.165, 1.54) is 0 Å². The zero-order valence-corrected chi connectivity index (χ0v) is 12.7. The van der Waals surface area contributed by atoms with Gasteiger partial charge in [0.05, 0.1) is 6.04 Å². The molecule has 1 amide bonds. The van der Waals surface area contributed by atoms with Crippen molar-refractivity contribution in [3.63, 3.8) is 0 Å². The van der Waals surface area contributed by atoms with Gasteiger partial charge in [-0.1, -0.05) is 30.3 Å². The lowest BCUT2D eigenvalue weighted by Gasteiger charge is -2.18. The van der Waals surface area contributed by atoms with Crippen LogP contribution in [0, 0.1) is 0 Å². The maximum absolute atomic E-state index is 12.3. The highest BCUT2D eigenvalue weighted by Gasteiger charge is 2.21. The van der Waals surface area contributed by atoms with E-state index in [1.807, 2.05) is 6.07 Å². The molecule has 5 nitrogen and oxygen atoms in total. The molecule has 0 fully saturated rings. The van der Waals surface area contributed by atoms with Gasteiger partial charge in [-0.15, -0.1) is 0 Å². The molecule has 0 aliphatic carbocycles. The van der Waals surface area contributed by atoms with Gasteiger partial charge in [-0.2, -0.15) is 0 Å². The number of carbonyl (C=O) groups is 2. The molecule has 1 atom stereocenters. The molecule has 0 radical (unpaired) electrons. The van der Waals surface area contributed by atoms with E-state index in [0.717, 1.165) is 5.56 Å². The number of benzene rings is 2. The number of nitrogens with two attached hydrogens (primary N) is 1. The van der Waals surface area contributed by atoms with E-state index in [4.69, 9.17) is 5.73 Å². The van der Waals surface area contributed by atoms with E-state index in [1.54, 1.807) is 48.5 Å². The lowest BCUT2D eigenvalue weighted by atomic mass is 10.00. The number of hydrogen-bond donors (Lipinski definition) is 3. The number of phenolic OH excluding ortho intramolecular Hbond substituents is 1. The third-order valence-corrected chi connectivity index (χ3v) is 3.50. The number of ketones is 1. The summed E-state index contributed by atoms with van der Waals surface area (Å²) >= 11 is 0. The molecule has 0 saturated heterocycles. The van der Waals surface area contributed by atoms with Crippen LogP contribution in [0.3, 0.4) is 0 Å². The first-order chi connectivity index (χ1) is 11.1. The first-order valence-corrected chi connectivity index (χ1v) is 7.46. The summed E-state index contributed by atoms with van der Waals surface area (Å²) < 4.78 is 0. The van der Waals surface area contributed by atoms with Crippen LogP contribution in [0.4, 0.5) is 0 Å². The molecule has 0 aliphatic rings. The number of hydrogen-bond acceptors (Lipinski definition) is 4. The number of phenols is 1. The Morgan fingerprint density at radius 1 is 1.04 bits per heavy atom. The Kier molecular flexibility index (Phi) is 5.88. The van der Waals surface area contributed by atoms with Crippen LogP contribution in [-0.2, 0) is 11.2 Å². The van der Waals surface area contributed by atoms with Crippen LogP contribution in [0.1, 0.15) is 22.3 Å². The smallest absolute Gasteiger partial charge is 0.251 e. The third kappa shape index (κ3) is 4.93. The molecule has 0 aliphatic heterocycles. The topological polar surface area (TPSA) is 92.4 Å². The number of amides is 1. The summed E-state index contributed by atoms with van der Waals surface area (Å²) in [4.78, 5) is 24.5. The Labute approximate surface area is 135 Å². The largest absolute Gasteiger partial charge is 0.508 e. The van der Waals surface area contributed by atoms with Crippen LogP contribution in [0.2, 0.25) is 0 Å². The third-order valence-electron chi connectivity index (χ3n) is 3.50. The maximum Gasteiger partial charge on any atom is 0.251 e. The fourth-order valence-electron chi connectivity index (χ4n) is 2.26. The highest BCUT2D eigenvalue weighted by molar-refractivity contribution is 5.98. The minimum absolute atomic E-state index is 0.107. The molecule has 0 spiro atoms. The number of nitrogens with one attached hydrogen (secondary N) is 1. The van der Waals surface area contributed by atoms with Crippen molar-refractivity contribution in [2.45, 2.75) is 18.9 Å². The van der Waals surface area contributed by atoms with Crippen molar-refractivity contribution in [3.8, 4) is 5.75 Å². The van der Waals surface area contributed by atoms with Crippen molar-refractivity contribution in [1.82, 2.24) is 5.32 Å². The normalized spacial score (nSPS) is 11.7. The fourth-order valence-corrected chi connectivity index (χ4v) is 2.26. The second-order valence-corrected chi connectivity index (χ2v) is 5.27. The van der Waals surface area contributed by atoms with Gasteiger partial charge < -0.3 is 16.2 Å². The second-order valence-electron chi connectivity index (χ2n) is 5.27. The quantitative estimate of drug-likeness (QED) is 0.725. The van der Waals surface area contributed by atoms with Crippen LogP contribution >= 0.6 is 0 Å². The zero-order chi connectivity index (χ0) is 16.7. The highest BCUT2D eigenvalue weighted by atomic mass is 16.3. The van der Waals surface area contributed by atoms with E-state index in [2.05, 4.69) is 5.32 Å². The average molecular weight is 312 g/mol. The van der Waals surface area contributed by atoms with Gasteiger partial charge in [-0.05, 0) is 42.8 Å². The van der Waals surface area contributed by atoms with Gasteiger partial charge in [-0.3, -0.25) is 9.59 Å². The van der Waals surface area contributed by atoms with Gasteiger partial charge in [0.15, 0.2) is 5.78 Å². The van der Waals surface area contributed by atoms with Crippen molar-refractivity contribution in [1.29, 1.82) is 0 Å². The molecular formula is C18H20N2O3.